The minimum absolute atomic E-state index is 0.0445. The van der Waals surface area contributed by atoms with Crippen LogP contribution in [0, 0.1) is 0 Å². The fourth-order valence-corrected chi connectivity index (χ4v) is 3.82. The molecular formula is C22H26N4O3. The van der Waals surface area contributed by atoms with Gasteiger partial charge in [-0.2, -0.15) is 0 Å². The zero-order chi connectivity index (χ0) is 20.2. The number of ether oxygens (including phenoxy) is 1. The average molecular weight is 394 g/mol. The van der Waals surface area contributed by atoms with Crippen molar-refractivity contribution >= 4 is 28.9 Å². The summed E-state index contributed by atoms with van der Waals surface area (Å²) in [6.07, 6.45) is 0. The number of piperazine rings is 1. The molecule has 1 N–H and O–H groups in total. The second-order valence-corrected chi connectivity index (χ2v) is 7.22. The zero-order valence-corrected chi connectivity index (χ0v) is 16.6. The molecule has 2 aliphatic rings. The van der Waals surface area contributed by atoms with Crippen molar-refractivity contribution in [3.63, 3.8) is 0 Å². The molecule has 7 heteroatoms. The number of carbonyl (C=O) groups is 2. The molecule has 0 bridgehead atoms. The van der Waals surface area contributed by atoms with Crippen LogP contribution < -0.4 is 19.9 Å². The Hall–Kier alpha value is -3.06. The van der Waals surface area contributed by atoms with Crippen molar-refractivity contribution < 1.29 is 14.3 Å². The number of carbonyl (C=O) groups excluding carboxylic acids is 2. The first kappa shape index (κ1) is 19.3. The molecule has 2 amide bonds. The normalized spacial score (nSPS) is 16.9. The van der Waals surface area contributed by atoms with Gasteiger partial charge < -0.3 is 19.9 Å². The number of benzene rings is 2. The van der Waals surface area contributed by atoms with Crippen LogP contribution in [0.4, 0.5) is 17.1 Å². The Kier molecular flexibility index (Phi) is 5.67. The molecule has 29 heavy (non-hydrogen) atoms. The van der Waals surface area contributed by atoms with Crippen LogP contribution in [-0.2, 0) is 9.59 Å². The molecule has 0 spiro atoms. The molecule has 2 aromatic carbocycles. The van der Waals surface area contributed by atoms with E-state index in [1.54, 1.807) is 12.1 Å². The highest BCUT2D eigenvalue weighted by Crippen LogP contribution is 2.32. The average Bonchev–Trinajstić information content (AvgIpc) is 2.76. The Morgan fingerprint density at radius 3 is 2.45 bits per heavy atom. The summed E-state index contributed by atoms with van der Waals surface area (Å²) in [5, 5.41) is 3.00. The fourth-order valence-electron chi connectivity index (χ4n) is 3.82. The number of amides is 2. The lowest BCUT2D eigenvalue weighted by atomic mass is 10.2. The van der Waals surface area contributed by atoms with E-state index in [1.165, 1.54) is 4.90 Å². The van der Waals surface area contributed by atoms with E-state index in [-0.39, 0.29) is 25.0 Å². The molecule has 0 radical (unpaired) electrons. The lowest BCUT2D eigenvalue weighted by Crippen LogP contribution is -2.46. The Morgan fingerprint density at radius 1 is 1.00 bits per heavy atom. The van der Waals surface area contributed by atoms with E-state index in [2.05, 4.69) is 22.0 Å². The van der Waals surface area contributed by atoms with E-state index >= 15 is 0 Å². The number of hydrogen-bond donors (Lipinski definition) is 1. The molecule has 1 saturated heterocycles. The van der Waals surface area contributed by atoms with Crippen LogP contribution in [0.5, 0.6) is 5.75 Å². The first-order chi connectivity index (χ1) is 14.2. The molecule has 0 unspecified atom stereocenters. The van der Waals surface area contributed by atoms with E-state index in [1.807, 2.05) is 36.4 Å². The molecule has 0 saturated carbocycles. The van der Waals surface area contributed by atoms with Gasteiger partial charge in [-0.1, -0.05) is 31.2 Å². The molecule has 7 nitrogen and oxygen atoms in total. The maximum atomic E-state index is 12.8. The van der Waals surface area contributed by atoms with Crippen molar-refractivity contribution in [1.29, 1.82) is 0 Å². The van der Waals surface area contributed by atoms with Gasteiger partial charge in [-0.3, -0.25) is 14.5 Å². The molecule has 0 aliphatic carbocycles. The van der Waals surface area contributed by atoms with Gasteiger partial charge in [-0.15, -0.1) is 0 Å². The summed E-state index contributed by atoms with van der Waals surface area (Å²) in [6.45, 7) is 7.01. The number of rotatable bonds is 5. The minimum Gasteiger partial charge on any atom is -0.482 e. The Balaban J connectivity index is 1.47. The summed E-state index contributed by atoms with van der Waals surface area (Å²) in [4.78, 5) is 31.3. The van der Waals surface area contributed by atoms with Gasteiger partial charge in [0, 0.05) is 26.2 Å². The minimum atomic E-state index is -0.227. The molecule has 4 rings (SSSR count). The van der Waals surface area contributed by atoms with Gasteiger partial charge in [0.05, 0.1) is 17.1 Å². The number of fused-ring (bicyclic) bond motifs is 1. The standard InChI is InChI=1S/C22H26N4O3/c1-2-24-11-13-25(14-12-24)18-8-4-3-7-17(18)23-21(27)15-26-19-9-5-6-10-20(19)29-16-22(26)28/h3-10H,2,11-16H2,1H3,(H,23,27). The van der Waals surface area contributed by atoms with Crippen LogP contribution in [0.3, 0.4) is 0 Å². The van der Waals surface area contributed by atoms with Crippen LogP contribution in [0.2, 0.25) is 0 Å². The summed E-state index contributed by atoms with van der Waals surface area (Å²) in [7, 11) is 0. The molecule has 0 atom stereocenters. The van der Waals surface area contributed by atoms with Crippen LogP contribution in [-0.4, -0.2) is 62.6 Å². The van der Waals surface area contributed by atoms with Crippen molar-refractivity contribution in [2.75, 3.05) is 61.0 Å². The maximum absolute atomic E-state index is 12.8. The van der Waals surface area contributed by atoms with Crippen molar-refractivity contribution in [3.05, 3.63) is 48.5 Å². The van der Waals surface area contributed by atoms with Crippen molar-refractivity contribution in [2.24, 2.45) is 0 Å². The fraction of sp³-hybridized carbons (Fsp3) is 0.364. The van der Waals surface area contributed by atoms with Gasteiger partial charge in [0.15, 0.2) is 6.61 Å². The highest BCUT2D eigenvalue weighted by molar-refractivity contribution is 6.05. The summed E-state index contributed by atoms with van der Waals surface area (Å²) < 4.78 is 5.45. The van der Waals surface area contributed by atoms with Gasteiger partial charge in [0.1, 0.15) is 12.3 Å². The van der Waals surface area contributed by atoms with Gasteiger partial charge in [0.25, 0.3) is 5.91 Å². The molecule has 2 heterocycles. The number of nitrogens with one attached hydrogen (secondary N) is 1. The highest BCUT2D eigenvalue weighted by Gasteiger charge is 2.27. The first-order valence-electron chi connectivity index (χ1n) is 10.0. The molecule has 1 fully saturated rings. The SMILES string of the molecule is CCN1CCN(c2ccccc2NC(=O)CN2C(=O)COc3ccccc32)CC1. The quantitative estimate of drug-likeness (QED) is 0.842. The molecule has 2 aromatic rings. The number of hydrogen-bond acceptors (Lipinski definition) is 5. The number of likely N-dealkylation sites (N-methyl/N-ethyl adjacent to an activating group) is 1. The number of para-hydroxylation sites is 4. The summed E-state index contributed by atoms with van der Waals surface area (Å²) >= 11 is 0. The van der Waals surface area contributed by atoms with E-state index in [9.17, 15) is 9.59 Å². The smallest absolute Gasteiger partial charge is 0.265 e. The Labute approximate surface area is 170 Å². The van der Waals surface area contributed by atoms with Crippen molar-refractivity contribution in [1.82, 2.24) is 4.90 Å². The number of anilines is 3. The van der Waals surface area contributed by atoms with Crippen LogP contribution in [0.15, 0.2) is 48.5 Å². The second kappa shape index (κ2) is 8.53. The van der Waals surface area contributed by atoms with Gasteiger partial charge in [-0.25, -0.2) is 0 Å². The molecule has 152 valence electrons. The summed E-state index contributed by atoms with van der Waals surface area (Å²) in [6, 6.07) is 15.1. The van der Waals surface area contributed by atoms with E-state index < -0.39 is 0 Å². The first-order valence-corrected chi connectivity index (χ1v) is 10.0. The Bertz CT molecular complexity index is 893. The van der Waals surface area contributed by atoms with Gasteiger partial charge in [0.2, 0.25) is 5.91 Å². The lowest BCUT2D eigenvalue weighted by molar-refractivity contribution is -0.123. The summed E-state index contributed by atoms with van der Waals surface area (Å²) in [5.74, 6) is 0.173. The topological polar surface area (TPSA) is 65.1 Å². The maximum Gasteiger partial charge on any atom is 0.265 e. The monoisotopic (exact) mass is 394 g/mol. The van der Waals surface area contributed by atoms with E-state index in [0.29, 0.717) is 11.4 Å². The molecule has 0 aromatic heterocycles. The predicted octanol–water partition coefficient (Wildman–Crippen LogP) is 2.19. The van der Waals surface area contributed by atoms with Crippen LogP contribution >= 0.6 is 0 Å². The largest absolute Gasteiger partial charge is 0.482 e. The van der Waals surface area contributed by atoms with E-state index in [4.69, 9.17) is 4.74 Å². The van der Waals surface area contributed by atoms with Gasteiger partial charge >= 0.3 is 0 Å². The van der Waals surface area contributed by atoms with Crippen molar-refractivity contribution in [2.45, 2.75) is 6.92 Å². The zero-order valence-electron chi connectivity index (χ0n) is 16.6. The van der Waals surface area contributed by atoms with Gasteiger partial charge in [-0.05, 0) is 30.8 Å². The number of nitrogens with zero attached hydrogens (tertiary/aromatic N) is 3. The lowest BCUT2D eigenvalue weighted by Gasteiger charge is -2.36. The van der Waals surface area contributed by atoms with Crippen molar-refractivity contribution in [3.8, 4) is 5.75 Å². The molecule has 2 aliphatic heterocycles. The summed E-state index contributed by atoms with van der Waals surface area (Å²) in [5.41, 5.74) is 2.42. The van der Waals surface area contributed by atoms with Crippen LogP contribution in [0.1, 0.15) is 6.92 Å². The van der Waals surface area contributed by atoms with Crippen LogP contribution in [0.25, 0.3) is 0 Å². The molecular weight excluding hydrogens is 368 g/mol. The third-order valence-corrected chi connectivity index (χ3v) is 5.45. The highest BCUT2D eigenvalue weighted by atomic mass is 16.5. The second-order valence-electron chi connectivity index (χ2n) is 7.22. The third kappa shape index (κ3) is 4.19. The van der Waals surface area contributed by atoms with E-state index in [0.717, 1.165) is 44.1 Å². The third-order valence-electron chi connectivity index (χ3n) is 5.45. The Morgan fingerprint density at radius 2 is 1.69 bits per heavy atom. The predicted molar refractivity (Wildman–Crippen MR) is 114 cm³/mol.